The van der Waals surface area contributed by atoms with Gasteiger partial charge < -0.3 is 0 Å². The molecule has 1 rings (SSSR count). The molecule has 0 bridgehead atoms. The summed E-state index contributed by atoms with van der Waals surface area (Å²) in [4.78, 5) is 0. The normalized spacial score (nSPS) is 10.8. The van der Waals surface area contributed by atoms with Crippen LogP contribution in [0.2, 0.25) is 10.0 Å². The Bertz CT molecular complexity index is 297. The number of hydrogen-bond donors (Lipinski definition) is 0. The minimum Gasteiger partial charge on any atom is -0.205 e. The Hall–Kier alpha value is -0.340. The van der Waals surface area contributed by atoms with Crippen LogP contribution in [0.15, 0.2) is 12.1 Å². The maximum absolute atomic E-state index is 12.3. The van der Waals surface area contributed by atoms with Crippen molar-refractivity contribution in [2.75, 3.05) is 0 Å². The van der Waals surface area contributed by atoms with Gasteiger partial charge in [-0.1, -0.05) is 29.3 Å². The lowest BCUT2D eigenvalue weighted by molar-refractivity contribution is 0.151. The first-order chi connectivity index (χ1) is 5.54. The molecule has 0 atom stereocenters. The van der Waals surface area contributed by atoms with Gasteiger partial charge in [-0.05, 0) is 18.6 Å². The molecule has 0 saturated carbocycles. The van der Waals surface area contributed by atoms with Gasteiger partial charge in [0.2, 0.25) is 0 Å². The zero-order valence-corrected chi connectivity index (χ0v) is 7.76. The SMILES string of the molecule is Cc1ccc(Cl)c(C(F)F)c1Cl. The average Bonchev–Trinajstić information content (AvgIpc) is 1.97. The van der Waals surface area contributed by atoms with E-state index in [1.54, 1.807) is 13.0 Å². The van der Waals surface area contributed by atoms with Gasteiger partial charge in [0, 0.05) is 0 Å². The Morgan fingerprint density at radius 3 is 2.25 bits per heavy atom. The summed E-state index contributed by atoms with van der Waals surface area (Å²) in [6.07, 6.45) is -2.62. The molecule has 1 aromatic carbocycles. The van der Waals surface area contributed by atoms with E-state index in [1.807, 2.05) is 0 Å². The van der Waals surface area contributed by atoms with Crippen LogP contribution in [0, 0.1) is 6.92 Å². The van der Waals surface area contributed by atoms with Crippen LogP contribution in [0.3, 0.4) is 0 Å². The summed E-state index contributed by atoms with van der Waals surface area (Å²) in [6.45, 7) is 1.66. The monoisotopic (exact) mass is 210 g/mol. The van der Waals surface area contributed by atoms with E-state index >= 15 is 0 Å². The predicted octanol–water partition coefficient (Wildman–Crippen LogP) is 4.24. The summed E-state index contributed by atoms with van der Waals surface area (Å²) in [5, 5.41) is 0.0677. The van der Waals surface area contributed by atoms with Crippen LogP contribution < -0.4 is 0 Å². The molecule has 0 spiro atoms. The molecule has 1 aromatic rings. The number of halogens is 4. The quantitative estimate of drug-likeness (QED) is 0.651. The second kappa shape index (κ2) is 3.58. The van der Waals surface area contributed by atoms with E-state index in [4.69, 9.17) is 23.2 Å². The van der Waals surface area contributed by atoms with E-state index in [1.165, 1.54) is 6.07 Å². The third kappa shape index (κ3) is 1.70. The zero-order valence-electron chi connectivity index (χ0n) is 6.24. The van der Waals surface area contributed by atoms with Crippen LogP contribution >= 0.6 is 23.2 Å². The van der Waals surface area contributed by atoms with Gasteiger partial charge in [-0.3, -0.25) is 0 Å². The molecular weight excluding hydrogens is 205 g/mol. The van der Waals surface area contributed by atoms with Crippen molar-refractivity contribution in [3.63, 3.8) is 0 Å². The molecule has 0 radical (unpaired) electrons. The average molecular weight is 211 g/mol. The Morgan fingerprint density at radius 1 is 1.25 bits per heavy atom. The Kier molecular flexibility index (Phi) is 2.91. The summed E-state index contributed by atoms with van der Waals surface area (Å²) >= 11 is 11.2. The Balaban J connectivity index is 3.33. The largest absolute Gasteiger partial charge is 0.266 e. The van der Waals surface area contributed by atoms with E-state index < -0.39 is 6.43 Å². The maximum Gasteiger partial charge on any atom is 0.266 e. The van der Waals surface area contributed by atoms with Gasteiger partial charge in [0.1, 0.15) is 0 Å². The number of benzene rings is 1. The first-order valence-electron chi connectivity index (χ1n) is 3.26. The van der Waals surface area contributed by atoms with E-state index in [0.29, 0.717) is 5.56 Å². The van der Waals surface area contributed by atoms with Gasteiger partial charge in [0.05, 0.1) is 15.6 Å². The summed E-state index contributed by atoms with van der Waals surface area (Å²) in [5.74, 6) is 0. The molecule has 0 unspecified atom stereocenters. The highest BCUT2D eigenvalue weighted by atomic mass is 35.5. The fourth-order valence-corrected chi connectivity index (χ4v) is 1.41. The minimum atomic E-state index is -2.62. The zero-order chi connectivity index (χ0) is 9.30. The van der Waals surface area contributed by atoms with Crippen LogP contribution in [-0.4, -0.2) is 0 Å². The molecule has 0 heterocycles. The molecule has 0 amide bonds. The lowest BCUT2D eigenvalue weighted by atomic mass is 10.1. The maximum atomic E-state index is 12.3. The topological polar surface area (TPSA) is 0 Å². The molecule has 0 fully saturated rings. The van der Waals surface area contributed by atoms with Crippen molar-refractivity contribution in [2.45, 2.75) is 13.3 Å². The highest BCUT2D eigenvalue weighted by Crippen LogP contribution is 2.35. The Morgan fingerprint density at radius 2 is 1.83 bits per heavy atom. The van der Waals surface area contributed by atoms with Gasteiger partial charge >= 0.3 is 0 Å². The van der Waals surface area contributed by atoms with Crippen LogP contribution in [0.5, 0.6) is 0 Å². The van der Waals surface area contributed by atoms with Crippen LogP contribution in [-0.2, 0) is 0 Å². The highest BCUT2D eigenvalue weighted by Gasteiger charge is 2.17. The van der Waals surface area contributed by atoms with Crippen molar-refractivity contribution in [1.82, 2.24) is 0 Å². The van der Waals surface area contributed by atoms with E-state index in [2.05, 4.69) is 0 Å². The van der Waals surface area contributed by atoms with Crippen LogP contribution in [0.4, 0.5) is 8.78 Å². The molecule has 12 heavy (non-hydrogen) atoms. The second-order valence-electron chi connectivity index (χ2n) is 2.39. The second-order valence-corrected chi connectivity index (χ2v) is 3.18. The van der Waals surface area contributed by atoms with E-state index in [9.17, 15) is 8.78 Å². The van der Waals surface area contributed by atoms with Crippen molar-refractivity contribution >= 4 is 23.2 Å². The van der Waals surface area contributed by atoms with Crippen molar-refractivity contribution in [3.05, 3.63) is 33.3 Å². The molecule has 0 saturated heterocycles. The number of hydrogen-bond acceptors (Lipinski definition) is 0. The fraction of sp³-hybridized carbons (Fsp3) is 0.250. The van der Waals surface area contributed by atoms with E-state index in [0.717, 1.165) is 0 Å². The molecule has 0 aliphatic rings. The summed E-state index contributed by atoms with van der Waals surface area (Å²) in [7, 11) is 0. The lowest BCUT2D eigenvalue weighted by Crippen LogP contribution is -1.90. The van der Waals surface area contributed by atoms with Crippen molar-refractivity contribution < 1.29 is 8.78 Å². The molecule has 0 aromatic heterocycles. The number of aryl methyl sites for hydroxylation is 1. The third-order valence-electron chi connectivity index (χ3n) is 1.54. The summed E-state index contributed by atoms with van der Waals surface area (Å²) < 4.78 is 24.6. The molecule has 0 N–H and O–H groups in total. The summed E-state index contributed by atoms with van der Waals surface area (Å²) in [5.41, 5.74) is 0.328. The van der Waals surface area contributed by atoms with Crippen molar-refractivity contribution in [3.8, 4) is 0 Å². The molecule has 0 aliphatic carbocycles. The number of alkyl halides is 2. The van der Waals surface area contributed by atoms with E-state index in [-0.39, 0.29) is 15.6 Å². The van der Waals surface area contributed by atoms with Gasteiger partial charge in [-0.15, -0.1) is 0 Å². The first kappa shape index (κ1) is 9.75. The Labute approximate surface area is 79.1 Å². The highest BCUT2D eigenvalue weighted by molar-refractivity contribution is 6.36. The molecule has 66 valence electrons. The van der Waals surface area contributed by atoms with Crippen LogP contribution in [0.25, 0.3) is 0 Å². The molecule has 0 nitrogen and oxygen atoms in total. The van der Waals surface area contributed by atoms with Gasteiger partial charge in [0.25, 0.3) is 6.43 Å². The number of rotatable bonds is 1. The van der Waals surface area contributed by atoms with Crippen LogP contribution in [0.1, 0.15) is 17.6 Å². The summed E-state index contributed by atoms with van der Waals surface area (Å²) in [6, 6.07) is 3.03. The molecule has 4 heteroatoms. The first-order valence-corrected chi connectivity index (χ1v) is 4.02. The third-order valence-corrected chi connectivity index (χ3v) is 2.37. The predicted molar refractivity (Wildman–Crippen MR) is 46.2 cm³/mol. The lowest BCUT2D eigenvalue weighted by Gasteiger charge is -2.07. The molecular formula is C8H6Cl2F2. The van der Waals surface area contributed by atoms with Gasteiger partial charge in [-0.2, -0.15) is 0 Å². The smallest absolute Gasteiger partial charge is 0.205 e. The van der Waals surface area contributed by atoms with Gasteiger partial charge in [-0.25, -0.2) is 8.78 Å². The van der Waals surface area contributed by atoms with Gasteiger partial charge in [0.15, 0.2) is 0 Å². The van der Waals surface area contributed by atoms with Crippen molar-refractivity contribution in [2.24, 2.45) is 0 Å². The standard InChI is InChI=1S/C8H6Cl2F2/c1-4-2-3-5(9)6(7(4)10)8(11)12/h2-3,8H,1H3. The minimum absolute atomic E-state index is 0.0144. The molecule has 0 aliphatic heterocycles. The van der Waals surface area contributed by atoms with Crippen molar-refractivity contribution in [1.29, 1.82) is 0 Å². The fourth-order valence-electron chi connectivity index (χ4n) is 0.878.